The topological polar surface area (TPSA) is 55.4 Å². The van der Waals surface area contributed by atoms with Gasteiger partial charge in [0.15, 0.2) is 0 Å². The number of thiophene rings is 1. The number of amides is 1. The first-order valence-corrected chi connectivity index (χ1v) is 9.44. The van der Waals surface area contributed by atoms with Gasteiger partial charge in [-0.05, 0) is 56.7 Å². The number of ether oxygens (including phenoxy) is 1. The molecule has 3 rings (SSSR count). The van der Waals surface area contributed by atoms with Gasteiger partial charge in [-0.25, -0.2) is 4.79 Å². The number of rotatable bonds is 3. The van der Waals surface area contributed by atoms with Crippen LogP contribution in [0.2, 0.25) is 0 Å². The van der Waals surface area contributed by atoms with E-state index in [9.17, 15) is 9.59 Å². The summed E-state index contributed by atoms with van der Waals surface area (Å²) in [5, 5.41) is 3.58. The smallest absolute Gasteiger partial charge is 0.341 e. The standard InChI is InChI=1S/C20H23NO3S/c1-12-9-10-13(2)15(11-12)18(22)21-19-17(20(23)24-3)14-7-5-4-6-8-16(14)25-19/h9-11H,4-8H2,1-3H3,(H,21,22). The van der Waals surface area contributed by atoms with E-state index in [1.165, 1.54) is 29.7 Å². The second-order valence-corrected chi connectivity index (χ2v) is 7.64. The zero-order valence-corrected chi connectivity index (χ0v) is 15.7. The van der Waals surface area contributed by atoms with E-state index < -0.39 is 0 Å². The van der Waals surface area contributed by atoms with Crippen LogP contribution in [0.3, 0.4) is 0 Å². The van der Waals surface area contributed by atoms with Gasteiger partial charge in [0.1, 0.15) is 5.00 Å². The van der Waals surface area contributed by atoms with Crippen LogP contribution in [0.25, 0.3) is 0 Å². The Balaban J connectivity index is 1.98. The maximum atomic E-state index is 12.8. The lowest BCUT2D eigenvalue weighted by Gasteiger charge is -2.09. The Morgan fingerprint density at radius 2 is 1.88 bits per heavy atom. The van der Waals surface area contributed by atoms with Gasteiger partial charge in [0, 0.05) is 10.4 Å². The van der Waals surface area contributed by atoms with Crippen molar-refractivity contribution in [1.29, 1.82) is 0 Å². The van der Waals surface area contributed by atoms with Crippen molar-refractivity contribution in [2.24, 2.45) is 0 Å². The zero-order valence-electron chi connectivity index (χ0n) is 14.9. The Labute approximate surface area is 152 Å². The van der Waals surface area contributed by atoms with E-state index in [4.69, 9.17) is 4.74 Å². The molecule has 0 saturated heterocycles. The third kappa shape index (κ3) is 3.61. The maximum absolute atomic E-state index is 12.8. The van der Waals surface area contributed by atoms with Gasteiger partial charge >= 0.3 is 5.97 Å². The minimum atomic E-state index is -0.365. The number of fused-ring (bicyclic) bond motifs is 1. The molecule has 0 unspecified atom stereocenters. The fraction of sp³-hybridized carbons (Fsp3) is 0.400. The average Bonchev–Trinajstić information content (AvgIpc) is 2.77. The van der Waals surface area contributed by atoms with Crippen LogP contribution in [-0.2, 0) is 17.6 Å². The van der Waals surface area contributed by atoms with Crippen molar-refractivity contribution in [3.05, 3.63) is 50.9 Å². The highest BCUT2D eigenvalue weighted by atomic mass is 32.1. The number of benzene rings is 1. The second kappa shape index (κ2) is 7.40. The van der Waals surface area contributed by atoms with Crippen LogP contribution in [0.1, 0.15) is 61.5 Å². The molecule has 0 saturated carbocycles. The van der Waals surface area contributed by atoms with Crippen LogP contribution in [0.5, 0.6) is 0 Å². The number of hydrogen-bond donors (Lipinski definition) is 1. The molecule has 1 aromatic carbocycles. The van der Waals surface area contributed by atoms with Crippen molar-refractivity contribution in [3.8, 4) is 0 Å². The zero-order chi connectivity index (χ0) is 18.0. The number of hydrogen-bond acceptors (Lipinski definition) is 4. The maximum Gasteiger partial charge on any atom is 0.341 e. The van der Waals surface area contributed by atoms with Gasteiger partial charge in [-0.1, -0.05) is 24.1 Å². The summed E-state index contributed by atoms with van der Waals surface area (Å²) in [6.45, 7) is 3.88. The second-order valence-electron chi connectivity index (χ2n) is 6.53. The molecular weight excluding hydrogens is 334 g/mol. The van der Waals surface area contributed by atoms with Crippen molar-refractivity contribution in [3.63, 3.8) is 0 Å². The van der Waals surface area contributed by atoms with Gasteiger partial charge in [0.05, 0.1) is 12.7 Å². The molecule has 0 aliphatic heterocycles. The van der Waals surface area contributed by atoms with Crippen molar-refractivity contribution in [2.75, 3.05) is 12.4 Å². The normalized spacial score (nSPS) is 13.7. The molecule has 1 aromatic heterocycles. The Morgan fingerprint density at radius 1 is 1.12 bits per heavy atom. The summed E-state index contributed by atoms with van der Waals surface area (Å²) in [6.07, 6.45) is 5.20. The molecule has 1 aliphatic carbocycles. The van der Waals surface area contributed by atoms with Crippen molar-refractivity contribution in [2.45, 2.75) is 46.0 Å². The summed E-state index contributed by atoms with van der Waals surface area (Å²) in [5.74, 6) is -0.543. The van der Waals surface area contributed by atoms with E-state index in [1.54, 1.807) is 0 Å². The molecule has 1 heterocycles. The van der Waals surface area contributed by atoms with E-state index in [0.29, 0.717) is 16.1 Å². The number of carbonyl (C=O) groups excluding carboxylic acids is 2. The summed E-state index contributed by atoms with van der Waals surface area (Å²) in [6, 6.07) is 5.80. The molecule has 0 spiro atoms. The minimum absolute atomic E-state index is 0.178. The van der Waals surface area contributed by atoms with Crippen LogP contribution in [0.4, 0.5) is 5.00 Å². The lowest BCUT2D eigenvalue weighted by Crippen LogP contribution is -2.16. The van der Waals surface area contributed by atoms with E-state index in [1.807, 2.05) is 32.0 Å². The predicted molar refractivity (Wildman–Crippen MR) is 101 cm³/mol. The molecule has 4 nitrogen and oxygen atoms in total. The summed E-state index contributed by atoms with van der Waals surface area (Å²) >= 11 is 1.52. The van der Waals surface area contributed by atoms with Crippen LogP contribution in [-0.4, -0.2) is 19.0 Å². The fourth-order valence-corrected chi connectivity index (χ4v) is 4.57. The van der Waals surface area contributed by atoms with Gasteiger partial charge in [0.25, 0.3) is 5.91 Å². The van der Waals surface area contributed by atoms with E-state index in [0.717, 1.165) is 42.4 Å². The van der Waals surface area contributed by atoms with Crippen LogP contribution >= 0.6 is 11.3 Å². The van der Waals surface area contributed by atoms with E-state index in [-0.39, 0.29) is 11.9 Å². The number of anilines is 1. The lowest BCUT2D eigenvalue weighted by molar-refractivity contribution is 0.0601. The molecule has 1 amide bonds. The van der Waals surface area contributed by atoms with Gasteiger partial charge in [0.2, 0.25) is 0 Å². The van der Waals surface area contributed by atoms with Crippen molar-refractivity contribution < 1.29 is 14.3 Å². The Bertz CT molecular complexity index is 823. The van der Waals surface area contributed by atoms with E-state index >= 15 is 0 Å². The van der Waals surface area contributed by atoms with Crippen LogP contribution in [0.15, 0.2) is 18.2 Å². The molecule has 1 N–H and O–H groups in total. The molecule has 0 atom stereocenters. The summed E-state index contributed by atoms with van der Waals surface area (Å²) in [7, 11) is 1.39. The summed E-state index contributed by atoms with van der Waals surface area (Å²) < 4.78 is 4.99. The Hall–Kier alpha value is -2.14. The quantitative estimate of drug-likeness (QED) is 0.641. The third-order valence-corrected chi connectivity index (χ3v) is 5.88. The molecule has 0 bridgehead atoms. The molecule has 0 radical (unpaired) electrons. The van der Waals surface area contributed by atoms with Gasteiger partial charge in [-0.3, -0.25) is 4.79 Å². The number of aryl methyl sites for hydroxylation is 3. The number of carbonyl (C=O) groups is 2. The monoisotopic (exact) mass is 357 g/mol. The average molecular weight is 357 g/mol. The molecular formula is C20H23NO3S. The molecule has 132 valence electrons. The fourth-order valence-electron chi connectivity index (χ4n) is 3.30. The molecule has 25 heavy (non-hydrogen) atoms. The van der Waals surface area contributed by atoms with Crippen molar-refractivity contribution >= 4 is 28.2 Å². The number of methoxy groups -OCH3 is 1. The Kier molecular flexibility index (Phi) is 5.23. The predicted octanol–water partition coefficient (Wildman–Crippen LogP) is 4.67. The number of esters is 1. The molecule has 0 fully saturated rings. The largest absolute Gasteiger partial charge is 0.465 e. The highest BCUT2D eigenvalue weighted by Crippen LogP contribution is 2.38. The first-order chi connectivity index (χ1) is 12.0. The number of nitrogens with one attached hydrogen (secondary N) is 1. The van der Waals surface area contributed by atoms with E-state index in [2.05, 4.69) is 5.32 Å². The van der Waals surface area contributed by atoms with Crippen LogP contribution < -0.4 is 5.32 Å². The summed E-state index contributed by atoms with van der Waals surface area (Å²) in [5.41, 5.74) is 4.19. The molecule has 1 aliphatic rings. The summed E-state index contributed by atoms with van der Waals surface area (Å²) in [4.78, 5) is 26.3. The Morgan fingerprint density at radius 3 is 2.64 bits per heavy atom. The van der Waals surface area contributed by atoms with Gasteiger partial charge in [-0.2, -0.15) is 0 Å². The van der Waals surface area contributed by atoms with Crippen molar-refractivity contribution in [1.82, 2.24) is 0 Å². The molecule has 2 aromatic rings. The third-order valence-electron chi connectivity index (χ3n) is 4.68. The highest BCUT2D eigenvalue weighted by molar-refractivity contribution is 7.17. The lowest BCUT2D eigenvalue weighted by atomic mass is 10.0. The van der Waals surface area contributed by atoms with Gasteiger partial charge < -0.3 is 10.1 Å². The first-order valence-electron chi connectivity index (χ1n) is 8.62. The van der Waals surface area contributed by atoms with Crippen LogP contribution in [0, 0.1) is 13.8 Å². The minimum Gasteiger partial charge on any atom is -0.465 e. The highest BCUT2D eigenvalue weighted by Gasteiger charge is 2.26. The SMILES string of the molecule is COC(=O)c1c(NC(=O)c2cc(C)ccc2C)sc2c1CCCCC2. The van der Waals surface area contributed by atoms with Gasteiger partial charge in [-0.15, -0.1) is 11.3 Å². The first kappa shape index (κ1) is 17.7. The molecule has 5 heteroatoms.